The molecule has 9 nitrogen and oxygen atoms in total. The van der Waals surface area contributed by atoms with E-state index in [1.807, 2.05) is 66.2 Å². The lowest BCUT2D eigenvalue weighted by molar-refractivity contribution is -0.146. The highest BCUT2D eigenvalue weighted by Crippen LogP contribution is 2.38. The van der Waals surface area contributed by atoms with Gasteiger partial charge in [0.15, 0.2) is 5.65 Å². The summed E-state index contributed by atoms with van der Waals surface area (Å²) < 4.78 is 12.9. The summed E-state index contributed by atoms with van der Waals surface area (Å²) in [6, 6.07) is 17.7. The number of para-hydroxylation sites is 1. The van der Waals surface area contributed by atoms with Gasteiger partial charge < -0.3 is 15.2 Å². The van der Waals surface area contributed by atoms with Crippen molar-refractivity contribution >= 4 is 33.7 Å². The minimum Gasteiger partial charge on any atom is -0.469 e. The summed E-state index contributed by atoms with van der Waals surface area (Å²) in [6.45, 7) is 2.04. The molecule has 1 fully saturated rings. The van der Waals surface area contributed by atoms with Gasteiger partial charge in [-0.1, -0.05) is 30.3 Å². The molecule has 0 amide bonds. The number of pyridine rings is 1. The molecule has 192 valence electrons. The van der Waals surface area contributed by atoms with Crippen LogP contribution in [-0.4, -0.2) is 37.8 Å². The molecule has 2 N–H and O–H groups in total. The molecule has 3 heterocycles. The number of anilines is 1. The molecule has 0 radical (unpaired) electrons. The second-order valence-corrected chi connectivity index (χ2v) is 9.70. The van der Waals surface area contributed by atoms with Gasteiger partial charge in [0.05, 0.1) is 30.0 Å². The molecule has 0 aliphatic heterocycles. The molecule has 38 heavy (non-hydrogen) atoms. The Labute approximate surface area is 219 Å². The number of benzene rings is 2. The van der Waals surface area contributed by atoms with E-state index in [0.29, 0.717) is 23.0 Å². The van der Waals surface area contributed by atoms with Crippen molar-refractivity contribution in [3.8, 4) is 22.9 Å². The highest BCUT2D eigenvalue weighted by atomic mass is 16.5. The van der Waals surface area contributed by atoms with Gasteiger partial charge in [-0.25, -0.2) is 19.6 Å². The number of aryl methyl sites for hydroxylation is 1. The molecule has 9 heteroatoms. The van der Waals surface area contributed by atoms with Crippen LogP contribution in [0, 0.1) is 12.8 Å². The Bertz CT molecular complexity index is 1640. The molecular formula is C29H28N6O3. The molecule has 5 aromatic rings. The third-order valence-corrected chi connectivity index (χ3v) is 7.33. The summed E-state index contributed by atoms with van der Waals surface area (Å²) in [4.78, 5) is 25.6. The fourth-order valence-electron chi connectivity index (χ4n) is 5.36. The van der Waals surface area contributed by atoms with E-state index in [1.54, 1.807) is 0 Å². The summed E-state index contributed by atoms with van der Waals surface area (Å²) in [7, 11) is 1.44. The average Bonchev–Trinajstić information content (AvgIpc) is 3.34. The summed E-state index contributed by atoms with van der Waals surface area (Å²) >= 11 is 0. The second-order valence-electron chi connectivity index (χ2n) is 9.70. The Morgan fingerprint density at radius 3 is 2.58 bits per heavy atom. The number of nitrogens with two attached hydrogens (primary N) is 1. The van der Waals surface area contributed by atoms with E-state index in [9.17, 15) is 4.79 Å². The van der Waals surface area contributed by atoms with Gasteiger partial charge in [0, 0.05) is 17.0 Å². The second kappa shape index (κ2) is 9.74. The van der Waals surface area contributed by atoms with Crippen LogP contribution >= 0.6 is 0 Å². The number of rotatable bonds is 5. The van der Waals surface area contributed by atoms with Gasteiger partial charge >= 0.3 is 5.97 Å². The zero-order chi connectivity index (χ0) is 26.2. The summed E-state index contributed by atoms with van der Waals surface area (Å²) in [5.41, 5.74) is 10.5. The number of carbonyl (C=O) groups excluding carboxylic acids is 1. The van der Waals surface area contributed by atoms with Crippen molar-refractivity contribution in [2.45, 2.75) is 38.6 Å². The summed E-state index contributed by atoms with van der Waals surface area (Å²) in [6.07, 6.45) is 4.57. The number of methoxy groups -OCH3 is 1. The van der Waals surface area contributed by atoms with E-state index in [-0.39, 0.29) is 17.9 Å². The van der Waals surface area contributed by atoms with Crippen LogP contribution in [-0.2, 0) is 9.53 Å². The smallest absolute Gasteiger partial charge is 0.308 e. The molecule has 3 aromatic heterocycles. The predicted octanol–water partition coefficient (Wildman–Crippen LogP) is 5.63. The SMILES string of the molecule is COC(=O)C1CCC(n2nc(-c3ccc4c(C)cc(Oc5ccccc5)nc4c3)c3c(N)ncnc32)CC1. The Morgan fingerprint density at radius 2 is 1.82 bits per heavy atom. The zero-order valence-electron chi connectivity index (χ0n) is 21.3. The maximum Gasteiger partial charge on any atom is 0.308 e. The molecular weight excluding hydrogens is 480 g/mol. The Kier molecular flexibility index (Phi) is 6.11. The number of carbonyl (C=O) groups is 1. The molecule has 0 spiro atoms. The third-order valence-electron chi connectivity index (χ3n) is 7.33. The van der Waals surface area contributed by atoms with E-state index in [4.69, 9.17) is 25.3 Å². The van der Waals surface area contributed by atoms with Crippen LogP contribution in [0.4, 0.5) is 5.82 Å². The van der Waals surface area contributed by atoms with Gasteiger partial charge in [0.2, 0.25) is 5.88 Å². The quantitative estimate of drug-likeness (QED) is 0.304. The molecule has 1 aliphatic carbocycles. The van der Waals surface area contributed by atoms with Gasteiger partial charge in [0.1, 0.15) is 23.6 Å². The summed E-state index contributed by atoms with van der Waals surface area (Å²) in [5, 5.41) is 6.76. The van der Waals surface area contributed by atoms with Crippen molar-refractivity contribution in [3.63, 3.8) is 0 Å². The van der Waals surface area contributed by atoms with Gasteiger partial charge in [-0.05, 0) is 56.4 Å². The largest absolute Gasteiger partial charge is 0.469 e. The van der Waals surface area contributed by atoms with E-state index < -0.39 is 0 Å². The van der Waals surface area contributed by atoms with E-state index in [1.165, 1.54) is 13.4 Å². The first kappa shape index (κ1) is 23.8. The van der Waals surface area contributed by atoms with Crippen molar-refractivity contribution in [2.24, 2.45) is 5.92 Å². The maximum atomic E-state index is 12.0. The third kappa shape index (κ3) is 4.30. The number of nitrogens with zero attached hydrogens (tertiary/aromatic N) is 5. The molecule has 6 rings (SSSR count). The van der Waals surface area contributed by atoms with Crippen LogP contribution in [0.1, 0.15) is 37.3 Å². The van der Waals surface area contributed by atoms with Crippen LogP contribution < -0.4 is 10.5 Å². The Hall–Kier alpha value is -4.53. The predicted molar refractivity (Wildman–Crippen MR) is 145 cm³/mol. The molecule has 0 saturated heterocycles. The minimum atomic E-state index is -0.143. The number of esters is 1. The minimum absolute atomic E-state index is 0.0701. The number of nitrogen functional groups attached to an aromatic ring is 1. The normalized spacial score (nSPS) is 17.5. The molecule has 0 unspecified atom stereocenters. The van der Waals surface area contributed by atoms with Gasteiger partial charge in [-0.15, -0.1) is 0 Å². The number of aromatic nitrogens is 5. The van der Waals surface area contributed by atoms with Crippen LogP contribution in [0.15, 0.2) is 60.9 Å². The lowest BCUT2D eigenvalue weighted by Gasteiger charge is -2.27. The number of fused-ring (bicyclic) bond motifs is 2. The highest BCUT2D eigenvalue weighted by Gasteiger charge is 2.30. The lowest BCUT2D eigenvalue weighted by Crippen LogP contribution is -2.25. The first-order chi connectivity index (χ1) is 18.5. The first-order valence-electron chi connectivity index (χ1n) is 12.7. The van der Waals surface area contributed by atoms with Crippen molar-refractivity contribution in [1.82, 2.24) is 24.7 Å². The molecule has 0 atom stereocenters. The van der Waals surface area contributed by atoms with E-state index in [0.717, 1.165) is 58.8 Å². The topological polar surface area (TPSA) is 118 Å². The summed E-state index contributed by atoms with van der Waals surface area (Å²) in [5.74, 6) is 1.42. The van der Waals surface area contributed by atoms with E-state index >= 15 is 0 Å². The first-order valence-corrected chi connectivity index (χ1v) is 12.7. The van der Waals surface area contributed by atoms with Gasteiger partial charge in [-0.3, -0.25) is 4.79 Å². The van der Waals surface area contributed by atoms with Gasteiger partial charge in [-0.2, -0.15) is 5.10 Å². The van der Waals surface area contributed by atoms with Gasteiger partial charge in [0.25, 0.3) is 0 Å². The average molecular weight is 509 g/mol. The van der Waals surface area contributed by atoms with Crippen LogP contribution in [0.2, 0.25) is 0 Å². The zero-order valence-corrected chi connectivity index (χ0v) is 21.3. The van der Waals surface area contributed by atoms with Crippen LogP contribution in [0.25, 0.3) is 33.2 Å². The van der Waals surface area contributed by atoms with Crippen molar-refractivity contribution < 1.29 is 14.3 Å². The van der Waals surface area contributed by atoms with Crippen LogP contribution in [0.3, 0.4) is 0 Å². The Balaban J connectivity index is 1.40. The Morgan fingerprint density at radius 1 is 1.03 bits per heavy atom. The van der Waals surface area contributed by atoms with Crippen LogP contribution in [0.5, 0.6) is 11.6 Å². The van der Waals surface area contributed by atoms with Crippen molar-refractivity contribution in [1.29, 1.82) is 0 Å². The highest BCUT2D eigenvalue weighted by molar-refractivity contribution is 6.00. The fourth-order valence-corrected chi connectivity index (χ4v) is 5.36. The van der Waals surface area contributed by atoms with Crippen molar-refractivity contribution in [3.05, 3.63) is 66.5 Å². The lowest BCUT2D eigenvalue weighted by atomic mass is 9.86. The fraction of sp³-hybridized carbons (Fsp3) is 0.276. The number of hydrogen-bond acceptors (Lipinski definition) is 8. The van der Waals surface area contributed by atoms with E-state index in [2.05, 4.69) is 9.97 Å². The molecule has 2 aromatic carbocycles. The number of ether oxygens (including phenoxy) is 2. The van der Waals surface area contributed by atoms with Crippen molar-refractivity contribution in [2.75, 3.05) is 12.8 Å². The standard InChI is InChI=1S/C29H28N6O3/c1-17-14-24(38-21-6-4-3-5-7-21)33-23-15-19(10-13-22(17)23)26-25-27(30)31-16-32-28(25)35(34-26)20-11-8-18(9-12-20)29(36)37-2/h3-7,10,13-16,18,20H,8-9,11-12H2,1-2H3,(H2,30,31,32). The number of hydrogen-bond donors (Lipinski definition) is 1. The molecule has 1 aliphatic rings. The molecule has 0 bridgehead atoms. The maximum absolute atomic E-state index is 12.0. The monoisotopic (exact) mass is 508 g/mol. The molecule has 1 saturated carbocycles.